The van der Waals surface area contributed by atoms with Crippen molar-refractivity contribution in [2.24, 2.45) is 11.8 Å². The van der Waals surface area contributed by atoms with Gasteiger partial charge in [0.1, 0.15) is 6.04 Å². The van der Waals surface area contributed by atoms with Crippen LogP contribution in [-0.2, 0) is 9.59 Å². The van der Waals surface area contributed by atoms with E-state index in [-0.39, 0.29) is 23.9 Å². The van der Waals surface area contributed by atoms with E-state index in [2.05, 4.69) is 39.9 Å². The number of carbonyl (C=O) groups excluding carboxylic acids is 2. The Labute approximate surface area is 110 Å². The summed E-state index contributed by atoms with van der Waals surface area (Å²) in [6.07, 6.45) is 1.13. The molecule has 104 valence electrons. The van der Waals surface area contributed by atoms with E-state index in [0.29, 0.717) is 31.2 Å². The zero-order chi connectivity index (χ0) is 13.9. The van der Waals surface area contributed by atoms with Crippen molar-refractivity contribution in [1.29, 1.82) is 0 Å². The van der Waals surface area contributed by atoms with Crippen LogP contribution in [0.3, 0.4) is 0 Å². The van der Waals surface area contributed by atoms with Crippen molar-refractivity contribution in [1.82, 2.24) is 10.2 Å². The molecule has 1 fully saturated rings. The Morgan fingerprint density at radius 2 is 1.83 bits per heavy atom. The number of hydrogen-bond acceptors (Lipinski definition) is 2. The van der Waals surface area contributed by atoms with E-state index in [0.717, 1.165) is 0 Å². The van der Waals surface area contributed by atoms with Crippen LogP contribution in [0.1, 0.15) is 47.5 Å². The lowest BCUT2D eigenvalue weighted by molar-refractivity contribution is -0.136. The quantitative estimate of drug-likeness (QED) is 0.831. The molecule has 1 aliphatic rings. The van der Waals surface area contributed by atoms with E-state index in [1.54, 1.807) is 0 Å². The SMILES string of the molecule is CC(C)CC1NC(=O)CCN(C(C)C(C)C)C1=O. The fraction of sp³-hybridized carbons (Fsp3) is 0.857. The van der Waals surface area contributed by atoms with Gasteiger partial charge in [-0.25, -0.2) is 0 Å². The second-order valence-electron chi connectivity index (χ2n) is 6.02. The molecular formula is C14H26N2O2. The van der Waals surface area contributed by atoms with Crippen LogP contribution < -0.4 is 5.32 Å². The highest BCUT2D eigenvalue weighted by Crippen LogP contribution is 2.17. The molecule has 0 aliphatic carbocycles. The molecule has 4 heteroatoms. The van der Waals surface area contributed by atoms with E-state index < -0.39 is 0 Å². The Balaban J connectivity index is 2.85. The molecule has 0 radical (unpaired) electrons. The van der Waals surface area contributed by atoms with Gasteiger partial charge in [0.05, 0.1) is 0 Å². The minimum absolute atomic E-state index is 0.00699. The number of nitrogens with one attached hydrogen (secondary N) is 1. The molecule has 1 heterocycles. The van der Waals surface area contributed by atoms with Gasteiger partial charge in [-0.2, -0.15) is 0 Å². The van der Waals surface area contributed by atoms with Crippen LogP contribution in [0, 0.1) is 11.8 Å². The lowest BCUT2D eigenvalue weighted by atomic mass is 10.00. The smallest absolute Gasteiger partial charge is 0.245 e. The van der Waals surface area contributed by atoms with Crippen molar-refractivity contribution in [3.63, 3.8) is 0 Å². The fourth-order valence-corrected chi connectivity index (χ4v) is 2.26. The molecular weight excluding hydrogens is 228 g/mol. The summed E-state index contributed by atoms with van der Waals surface area (Å²) in [6.45, 7) is 11.0. The summed E-state index contributed by atoms with van der Waals surface area (Å²) in [5.41, 5.74) is 0. The predicted octanol–water partition coefficient (Wildman–Crippen LogP) is 1.79. The van der Waals surface area contributed by atoms with Crippen molar-refractivity contribution in [3.05, 3.63) is 0 Å². The fourth-order valence-electron chi connectivity index (χ4n) is 2.26. The van der Waals surface area contributed by atoms with Crippen LogP contribution >= 0.6 is 0 Å². The van der Waals surface area contributed by atoms with E-state index in [9.17, 15) is 9.59 Å². The summed E-state index contributed by atoms with van der Waals surface area (Å²) < 4.78 is 0. The van der Waals surface area contributed by atoms with Crippen molar-refractivity contribution in [2.75, 3.05) is 6.54 Å². The maximum Gasteiger partial charge on any atom is 0.245 e. The maximum absolute atomic E-state index is 12.5. The Hall–Kier alpha value is -1.06. The van der Waals surface area contributed by atoms with E-state index in [1.807, 2.05) is 4.90 Å². The van der Waals surface area contributed by atoms with Crippen LogP contribution in [-0.4, -0.2) is 35.3 Å². The van der Waals surface area contributed by atoms with Crippen molar-refractivity contribution >= 4 is 11.8 Å². The van der Waals surface area contributed by atoms with Gasteiger partial charge in [-0.05, 0) is 25.2 Å². The monoisotopic (exact) mass is 254 g/mol. The Morgan fingerprint density at radius 1 is 1.22 bits per heavy atom. The highest BCUT2D eigenvalue weighted by atomic mass is 16.2. The van der Waals surface area contributed by atoms with Gasteiger partial charge in [-0.1, -0.05) is 27.7 Å². The minimum atomic E-state index is -0.346. The molecule has 0 aromatic rings. The van der Waals surface area contributed by atoms with Gasteiger partial charge in [0.25, 0.3) is 0 Å². The van der Waals surface area contributed by atoms with Gasteiger partial charge in [0, 0.05) is 19.0 Å². The third-order valence-electron chi connectivity index (χ3n) is 3.66. The molecule has 0 aromatic carbocycles. The Bertz CT molecular complexity index is 313. The van der Waals surface area contributed by atoms with Crippen molar-refractivity contribution in [3.8, 4) is 0 Å². The predicted molar refractivity (Wildman–Crippen MR) is 72.0 cm³/mol. The van der Waals surface area contributed by atoms with Crippen molar-refractivity contribution in [2.45, 2.75) is 59.5 Å². The normalized spacial score (nSPS) is 23.3. The molecule has 1 N–H and O–H groups in total. The van der Waals surface area contributed by atoms with Gasteiger partial charge in [-0.15, -0.1) is 0 Å². The standard InChI is InChI=1S/C14H26N2O2/c1-9(2)8-12-14(18)16(11(5)10(3)4)7-6-13(17)15-12/h9-12H,6-8H2,1-5H3,(H,15,17). The summed E-state index contributed by atoms with van der Waals surface area (Å²) in [4.78, 5) is 26.0. The summed E-state index contributed by atoms with van der Waals surface area (Å²) in [6, 6.07) is -0.166. The molecule has 0 aromatic heterocycles. The number of nitrogens with zero attached hydrogens (tertiary/aromatic N) is 1. The first-order valence-corrected chi connectivity index (χ1v) is 6.92. The zero-order valence-corrected chi connectivity index (χ0v) is 12.2. The van der Waals surface area contributed by atoms with Crippen LogP contribution in [0.5, 0.6) is 0 Å². The first-order chi connectivity index (χ1) is 8.32. The highest BCUT2D eigenvalue weighted by Gasteiger charge is 2.33. The Kier molecular flexibility index (Phi) is 5.17. The second-order valence-corrected chi connectivity index (χ2v) is 6.02. The lowest BCUT2D eigenvalue weighted by Crippen LogP contribution is -2.49. The van der Waals surface area contributed by atoms with Crippen LogP contribution in [0.25, 0.3) is 0 Å². The molecule has 1 aliphatic heterocycles. The zero-order valence-electron chi connectivity index (χ0n) is 12.2. The number of rotatable bonds is 4. The summed E-state index contributed by atoms with van der Waals surface area (Å²) in [7, 11) is 0. The highest BCUT2D eigenvalue weighted by molar-refractivity contribution is 5.90. The van der Waals surface area contributed by atoms with Gasteiger partial charge < -0.3 is 10.2 Å². The molecule has 1 rings (SSSR count). The third-order valence-corrected chi connectivity index (χ3v) is 3.66. The molecule has 18 heavy (non-hydrogen) atoms. The van der Waals surface area contributed by atoms with Crippen molar-refractivity contribution < 1.29 is 9.59 Å². The summed E-state index contributed by atoms with van der Waals surface area (Å²) >= 11 is 0. The first kappa shape index (κ1) is 15.0. The second kappa shape index (κ2) is 6.21. The third kappa shape index (κ3) is 3.72. The lowest BCUT2D eigenvalue weighted by Gasteiger charge is -2.32. The van der Waals surface area contributed by atoms with E-state index in [4.69, 9.17) is 0 Å². The first-order valence-electron chi connectivity index (χ1n) is 6.92. The molecule has 2 unspecified atom stereocenters. The summed E-state index contributed by atoms with van der Waals surface area (Å²) in [5.74, 6) is 0.874. The van der Waals surface area contributed by atoms with Gasteiger partial charge in [-0.3, -0.25) is 9.59 Å². The molecule has 1 saturated heterocycles. The molecule has 0 spiro atoms. The average Bonchev–Trinajstić information content (AvgIpc) is 2.38. The number of amides is 2. The molecule has 4 nitrogen and oxygen atoms in total. The maximum atomic E-state index is 12.5. The number of hydrogen-bond donors (Lipinski definition) is 1. The minimum Gasteiger partial charge on any atom is -0.344 e. The summed E-state index contributed by atoms with van der Waals surface area (Å²) in [5, 5.41) is 2.85. The Morgan fingerprint density at radius 3 is 2.33 bits per heavy atom. The van der Waals surface area contributed by atoms with Gasteiger partial charge in [0.15, 0.2) is 0 Å². The topological polar surface area (TPSA) is 49.4 Å². The average molecular weight is 254 g/mol. The molecule has 0 saturated carbocycles. The van der Waals surface area contributed by atoms with Crippen LogP contribution in [0.4, 0.5) is 0 Å². The largest absolute Gasteiger partial charge is 0.344 e. The molecule has 0 bridgehead atoms. The van der Waals surface area contributed by atoms with E-state index in [1.165, 1.54) is 0 Å². The van der Waals surface area contributed by atoms with Crippen LogP contribution in [0.15, 0.2) is 0 Å². The van der Waals surface area contributed by atoms with Gasteiger partial charge in [0.2, 0.25) is 11.8 Å². The van der Waals surface area contributed by atoms with Gasteiger partial charge >= 0.3 is 0 Å². The molecule has 2 atom stereocenters. The number of carbonyl (C=O) groups is 2. The molecule has 2 amide bonds. The van der Waals surface area contributed by atoms with E-state index >= 15 is 0 Å². The van der Waals surface area contributed by atoms with Crippen LogP contribution in [0.2, 0.25) is 0 Å².